The van der Waals surface area contributed by atoms with Crippen LogP contribution in [0, 0.1) is 6.92 Å². The summed E-state index contributed by atoms with van der Waals surface area (Å²) >= 11 is 1.51. The van der Waals surface area contributed by atoms with E-state index in [9.17, 15) is 4.79 Å². The number of hydrogen-bond acceptors (Lipinski definition) is 5. The van der Waals surface area contributed by atoms with Crippen molar-refractivity contribution in [3.63, 3.8) is 0 Å². The lowest BCUT2D eigenvalue weighted by Gasteiger charge is -2.23. The van der Waals surface area contributed by atoms with Crippen LogP contribution in [-0.2, 0) is 11.2 Å². The third-order valence-corrected chi connectivity index (χ3v) is 4.71. The van der Waals surface area contributed by atoms with E-state index >= 15 is 0 Å². The number of aromatic nitrogens is 1. The highest BCUT2D eigenvalue weighted by molar-refractivity contribution is 7.13. The molecule has 0 saturated carbocycles. The Morgan fingerprint density at radius 1 is 1.57 bits per heavy atom. The van der Waals surface area contributed by atoms with E-state index in [-0.39, 0.29) is 11.9 Å². The number of thiazole rings is 1. The Morgan fingerprint density at radius 3 is 3.14 bits per heavy atom. The summed E-state index contributed by atoms with van der Waals surface area (Å²) in [6, 6.07) is 4.02. The molecule has 0 radical (unpaired) electrons. The smallest absolute Gasteiger partial charge is 0.228 e. The molecule has 0 bridgehead atoms. The minimum atomic E-state index is 0.121. The molecule has 0 aromatic carbocycles. The lowest BCUT2D eigenvalue weighted by molar-refractivity contribution is -0.131. The molecule has 0 aliphatic carbocycles. The van der Waals surface area contributed by atoms with Gasteiger partial charge in [0.05, 0.1) is 12.1 Å². The molecule has 0 spiro atoms. The van der Waals surface area contributed by atoms with E-state index in [1.807, 2.05) is 29.3 Å². The predicted octanol–water partition coefficient (Wildman–Crippen LogP) is 2.20. The SMILES string of the molecule is Cc1ccc(-c2nc(CC(=O)N3CCCC3CN)cs2)o1. The molecule has 2 aromatic rings. The van der Waals surface area contributed by atoms with Gasteiger partial charge in [-0.05, 0) is 31.9 Å². The van der Waals surface area contributed by atoms with E-state index in [0.29, 0.717) is 13.0 Å². The maximum Gasteiger partial charge on any atom is 0.228 e. The minimum Gasteiger partial charge on any atom is -0.459 e. The zero-order valence-electron chi connectivity index (χ0n) is 12.0. The zero-order chi connectivity index (χ0) is 14.8. The van der Waals surface area contributed by atoms with Crippen molar-refractivity contribution < 1.29 is 9.21 Å². The average Bonchev–Trinajstić information content (AvgIpc) is 3.17. The number of furan rings is 1. The van der Waals surface area contributed by atoms with Crippen LogP contribution in [0.1, 0.15) is 24.3 Å². The normalized spacial score (nSPS) is 18.4. The average molecular weight is 305 g/mol. The summed E-state index contributed by atoms with van der Waals surface area (Å²) in [4.78, 5) is 18.7. The number of carbonyl (C=O) groups excluding carboxylic acids is 1. The van der Waals surface area contributed by atoms with Gasteiger partial charge in [0.25, 0.3) is 0 Å². The van der Waals surface area contributed by atoms with Crippen molar-refractivity contribution >= 4 is 17.2 Å². The Hall–Kier alpha value is -1.66. The molecule has 1 unspecified atom stereocenters. The number of hydrogen-bond donors (Lipinski definition) is 1. The number of amides is 1. The molecular weight excluding hydrogens is 286 g/mol. The monoisotopic (exact) mass is 305 g/mol. The highest BCUT2D eigenvalue weighted by Gasteiger charge is 2.27. The van der Waals surface area contributed by atoms with Crippen LogP contribution in [0.3, 0.4) is 0 Å². The second-order valence-electron chi connectivity index (χ2n) is 5.35. The van der Waals surface area contributed by atoms with E-state index in [1.54, 1.807) is 0 Å². The van der Waals surface area contributed by atoms with E-state index in [2.05, 4.69) is 4.98 Å². The first-order valence-electron chi connectivity index (χ1n) is 7.18. The van der Waals surface area contributed by atoms with Crippen LogP contribution in [-0.4, -0.2) is 34.9 Å². The van der Waals surface area contributed by atoms with Crippen LogP contribution in [0.15, 0.2) is 21.9 Å². The van der Waals surface area contributed by atoms with E-state index in [1.165, 1.54) is 11.3 Å². The Labute approximate surface area is 127 Å². The molecule has 2 N–H and O–H groups in total. The van der Waals surface area contributed by atoms with Crippen LogP contribution in [0.25, 0.3) is 10.8 Å². The molecule has 1 aliphatic heterocycles. The predicted molar refractivity (Wildman–Crippen MR) is 82.0 cm³/mol. The first-order valence-corrected chi connectivity index (χ1v) is 8.06. The maximum absolute atomic E-state index is 12.3. The fourth-order valence-corrected chi connectivity index (χ4v) is 3.50. The van der Waals surface area contributed by atoms with Crippen molar-refractivity contribution in [2.75, 3.05) is 13.1 Å². The fraction of sp³-hybridized carbons (Fsp3) is 0.467. The van der Waals surface area contributed by atoms with Gasteiger partial charge >= 0.3 is 0 Å². The Kier molecular flexibility index (Phi) is 4.07. The van der Waals surface area contributed by atoms with Gasteiger partial charge in [0.2, 0.25) is 5.91 Å². The standard InChI is InChI=1S/C15H19N3O2S/c1-10-4-5-13(20-10)15-17-11(9-21-15)7-14(19)18-6-2-3-12(18)8-16/h4-5,9,12H,2-3,6-8,16H2,1H3. The summed E-state index contributed by atoms with van der Waals surface area (Å²) < 4.78 is 5.56. The van der Waals surface area contributed by atoms with Crippen LogP contribution in [0.4, 0.5) is 0 Å². The van der Waals surface area contributed by atoms with Crippen molar-refractivity contribution in [3.8, 4) is 10.8 Å². The minimum absolute atomic E-state index is 0.121. The highest BCUT2D eigenvalue weighted by atomic mass is 32.1. The largest absolute Gasteiger partial charge is 0.459 e. The molecule has 1 saturated heterocycles. The molecule has 6 heteroatoms. The van der Waals surface area contributed by atoms with Crippen LogP contribution < -0.4 is 5.73 Å². The van der Waals surface area contributed by atoms with Gasteiger partial charge in [-0.3, -0.25) is 4.79 Å². The van der Waals surface area contributed by atoms with E-state index in [0.717, 1.165) is 41.6 Å². The van der Waals surface area contributed by atoms with Crippen LogP contribution >= 0.6 is 11.3 Å². The number of nitrogens with zero attached hydrogens (tertiary/aromatic N) is 2. The van der Waals surface area contributed by atoms with Crippen molar-refractivity contribution in [1.82, 2.24) is 9.88 Å². The number of aryl methyl sites for hydroxylation is 1. The second-order valence-corrected chi connectivity index (χ2v) is 6.21. The first-order chi connectivity index (χ1) is 10.2. The molecule has 1 atom stereocenters. The molecule has 1 aliphatic rings. The Morgan fingerprint density at radius 2 is 2.43 bits per heavy atom. The fourth-order valence-electron chi connectivity index (χ4n) is 2.72. The van der Waals surface area contributed by atoms with E-state index < -0.39 is 0 Å². The quantitative estimate of drug-likeness (QED) is 0.940. The summed E-state index contributed by atoms with van der Waals surface area (Å²) in [6.07, 6.45) is 2.39. The zero-order valence-corrected chi connectivity index (χ0v) is 12.9. The summed E-state index contributed by atoms with van der Waals surface area (Å²) in [5.41, 5.74) is 6.52. The topological polar surface area (TPSA) is 72.4 Å². The molecule has 112 valence electrons. The van der Waals surface area contributed by atoms with Crippen LogP contribution in [0.5, 0.6) is 0 Å². The Bertz CT molecular complexity index is 634. The van der Waals surface area contributed by atoms with Gasteiger partial charge in [0.1, 0.15) is 5.76 Å². The molecule has 3 rings (SSSR count). The summed E-state index contributed by atoms with van der Waals surface area (Å²) in [7, 11) is 0. The lowest BCUT2D eigenvalue weighted by atomic mass is 10.2. The number of likely N-dealkylation sites (tertiary alicyclic amines) is 1. The van der Waals surface area contributed by atoms with Gasteiger partial charge in [-0.2, -0.15) is 0 Å². The van der Waals surface area contributed by atoms with E-state index in [4.69, 9.17) is 10.2 Å². The molecule has 2 aromatic heterocycles. The van der Waals surface area contributed by atoms with Crippen molar-refractivity contribution in [2.24, 2.45) is 5.73 Å². The summed E-state index contributed by atoms with van der Waals surface area (Å²) in [6.45, 7) is 3.26. The van der Waals surface area contributed by atoms with Gasteiger partial charge in [-0.1, -0.05) is 0 Å². The van der Waals surface area contributed by atoms with Gasteiger partial charge < -0.3 is 15.1 Å². The summed E-state index contributed by atoms with van der Waals surface area (Å²) in [5, 5.41) is 2.75. The Balaban J connectivity index is 1.68. The number of nitrogens with two attached hydrogens (primary N) is 1. The first kappa shape index (κ1) is 14.3. The third kappa shape index (κ3) is 3.01. The van der Waals surface area contributed by atoms with Crippen LogP contribution in [0.2, 0.25) is 0 Å². The lowest BCUT2D eigenvalue weighted by Crippen LogP contribution is -2.40. The molecule has 1 amide bonds. The van der Waals surface area contributed by atoms with Gasteiger partial charge in [-0.15, -0.1) is 11.3 Å². The summed E-state index contributed by atoms with van der Waals surface area (Å²) in [5.74, 6) is 1.74. The number of carbonyl (C=O) groups is 1. The van der Waals surface area contributed by atoms with Gasteiger partial charge in [-0.25, -0.2) is 4.98 Å². The molecule has 21 heavy (non-hydrogen) atoms. The third-order valence-electron chi connectivity index (χ3n) is 3.80. The maximum atomic E-state index is 12.3. The molecular formula is C15H19N3O2S. The van der Waals surface area contributed by atoms with Crippen molar-refractivity contribution in [1.29, 1.82) is 0 Å². The molecule has 5 nitrogen and oxygen atoms in total. The molecule has 3 heterocycles. The number of rotatable bonds is 4. The van der Waals surface area contributed by atoms with Crippen molar-refractivity contribution in [2.45, 2.75) is 32.2 Å². The highest BCUT2D eigenvalue weighted by Crippen LogP contribution is 2.26. The molecule has 1 fully saturated rings. The van der Waals surface area contributed by atoms with Crippen molar-refractivity contribution in [3.05, 3.63) is 29.0 Å². The van der Waals surface area contributed by atoms with Gasteiger partial charge in [0, 0.05) is 24.5 Å². The van der Waals surface area contributed by atoms with Gasteiger partial charge in [0.15, 0.2) is 10.8 Å². The second kappa shape index (κ2) is 5.99.